The van der Waals surface area contributed by atoms with Crippen LogP contribution >= 0.6 is 0 Å². The first-order valence-corrected chi connectivity index (χ1v) is 7.59. The molecule has 2 rings (SSSR count). The van der Waals surface area contributed by atoms with Crippen molar-refractivity contribution < 1.29 is 19.1 Å². The van der Waals surface area contributed by atoms with Crippen molar-refractivity contribution in [2.45, 2.75) is 45.4 Å². The van der Waals surface area contributed by atoms with E-state index in [1.165, 1.54) is 11.3 Å². The van der Waals surface area contributed by atoms with E-state index in [1.54, 1.807) is 0 Å². The summed E-state index contributed by atoms with van der Waals surface area (Å²) in [7, 11) is 0. The van der Waals surface area contributed by atoms with Crippen LogP contribution in [0, 0.1) is 5.92 Å². The van der Waals surface area contributed by atoms with E-state index in [9.17, 15) is 9.59 Å². The number of aryl methyl sites for hydroxylation is 1. The van der Waals surface area contributed by atoms with Gasteiger partial charge in [0.1, 0.15) is 18.1 Å². The minimum absolute atomic E-state index is 0.128. The van der Waals surface area contributed by atoms with Crippen LogP contribution in [0.4, 0.5) is 0 Å². The number of carboxylic acid groups (broad SMARTS) is 1. The lowest BCUT2D eigenvalue weighted by Crippen LogP contribution is -2.36. The number of aliphatic carboxylic acids is 1. The van der Waals surface area contributed by atoms with Crippen molar-refractivity contribution in [3.8, 4) is 0 Å². The minimum Gasteiger partial charge on any atom is -0.480 e. The van der Waals surface area contributed by atoms with E-state index >= 15 is 0 Å². The Kier molecular flexibility index (Phi) is 5.04. The Morgan fingerprint density at radius 3 is 2.71 bits per heavy atom. The molecule has 0 radical (unpaired) electrons. The van der Waals surface area contributed by atoms with Gasteiger partial charge in [-0.1, -0.05) is 13.8 Å². The zero-order valence-electron chi connectivity index (χ0n) is 12.7. The van der Waals surface area contributed by atoms with Gasteiger partial charge in [-0.15, -0.1) is 0 Å². The molecule has 116 valence electrons. The molecule has 1 N–H and O–H groups in total. The van der Waals surface area contributed by atoms with Gasteiger partial charge in [-0.3, -0.25) is 9.59 Å². The maximum Gasteiger partial charge on any atom is 0.323 e. The second-order valence-corrected chi connectivity index (χ2v) is 5.83. The van der Waals surface area contributed by atoms with Gasteiger partial charge in [0.05, 0.1) is 0 Å². The topological polar surface area (TPSA) is 70.8 Å². The summed E-state index contributed by atoms with van der Waals surface area (Å²) in [5.74, 6) is 1.96. The van der Waals surface area contributed by atoms with E-state index < -0.39 is 5.97 Å². The van der Waals surface area contributed by atoms with Crippen molar-refractivity contribution in [3.05, 3.63) is 23.7 Å². The van der Waals surface area contributed by atoms with E-state index in [1.807, 2.05) is 19.1 Å². The SMILES string of the molecule is CCCN(CC(=O)O)C(=O)CCc1ccc(C2CC2C)o1. The fraction of sp³-hybridized carbons (Fsp3) is 0.625. The first kappa shape index (κ1) is 15.6. The van der Waals surface area contributed by atoms with Gasteiger partial charge in [0, 0.05) is 25.3 Å². The highest BCUT2D eigenvalue weighted by atomic mass is 16.4. The number of carbonyl (C=O) groups excluding carboxylic acids is 1. The van der Waals surface area contributed by atoms with E-state index in [-0.39, 0.29) is 12.5 Å². The molecule has 2 unspecified atom stereocenters. The van der Waals surface area contributed by atoms with Crippen LogP contribution in [0.15, 0.2) is 16.5 Å². The molecular formula is C16H23NO4. The summed E-state index contributed by atoms with van der Waals surface area (Å²) in [4.78, 5) is 24.2. The maximum absolute atomic E-state index is 12.1. The molecule has 1 aliphatic carbocycles. The first-order valence-electron chi connectivity index (χ1n) is 7.59. The van der Waals surface area contributed by atoms with E-state index in [0.717, 1.165) is 17.9 Å². The van der Waals surface area contributed by atoms with Gasteiger partial charge < -0.3 is 14.4 Å². The third-order valence-corrected chi connectivity index (χ3v) is 3.91. The summed E-state index contributed by atoms with van der Waals surface area (Å²) in [6, 6.07) is 3.92. The van der Waals surface area contributed by atoms with Gasteiger partial charge in [0.2, 0.25) is 5.91 Å². The van der Waals surface area contributed by atoms with Gasteiger partial charge in [-0.05, 0) is 30.9 Å². The molecule has 1 fully saturated rings. The molecule has 1 saturated carbocycles. The van der Waals surface area contributed by atoms with Gasteiger partial charge in [-0.2, -0.15) is 0 Å². The zero-order valence-corrected chi connectivity index (χ0v) is 12.7. The molecule has 5 heteroatoms. The van der Waals surface area contributed by atoms with Crippen molar-refractivity contribution in [2.75, 3.05) is 13.1 Å². The largest absolute Gasteiger partial charge is 0.480 e. The first-order chi connectivity index (χ1) is 10.0. The number of hydrogen-bond acceptors (Lipinski definition) is 3. The number of nitrogens with zero attached hydrogens (tertiary/aromatic N) is 1. The Bertz CT molecular complexity index is 508. The molecule has 0 saturated heterocycles. The Balaban J connectivity index is 1.84. The third kappa shape index (κ3) is 4.34. The summed E-state index contributed by atoms with van der Waals surface area (Å²) < 4.78 is 5.76. The smallest absolute Gasteiger partial charge is 0.323 e. The molecule has 1 aromatic heterocycles. The van der Waals surface area contributed by atoms with Crippen molar-refractivity contribution in [2.24, 2.45) is 5.92 Å². The minimum atomic E-state index is -0.972. The fourth-order valence-corrected chi connectivity index (χ4v) is 2.56. The van der Waals surface area contributed by atoms with Crippen LogP contribution < -0.4 is 0 Å². The molecule has 0 aromatic carbocycles. The van der Waals surface area contributed by atoms with Crippen molar-refractivity contribution in [1.29, 1.82) is 0 Å². The molecule has 1 aromatic rings. The lowest BCUT2D eigenvalue weighted by Gasteiger charge is -2.19. The quantitative estimate of drug-likeness (QED) is 0.800. The zero-order chi connectivity index (χ0) is 15.4. The Morgan fingerprint density at radius 2 is 2.14 bits per heavy atom. The second kappa shape index (κ2) is 6.78. The molecular weight excluding hydrogens is 270 g/mol. The number of hydrogen-bond donors (Lipinski definition) is 1. The predicted octanol–water partition coefficient (Wildman–Crippen LogP) is 2.66. The summed E-state index contributed by atoms with van der Waals surface area (Å²) in [5, 5.41) is 8.83. The van der Waals surface area contributed by atoms with E-state index in [4.69, 9.17) is 9.52 Å². The molecule has 5 nitrogen and oxygen atoms in total. The number of rotatable bonds is 8. The molecule has 21 heavy (non-hydrogen) atoms. The number of amides is 1. The van der Waals surface area contributed by atoms with Crippen LogP contribution in [-0.4, -0.2) is 35.0 Å². The van der Waals surface area contributed by atoms with Crippen LogP contribution in [-0.2, 0) is 16.0 Å². The highest BCUT2D eigenvalue weighted by Crippen LogP contribution is 2.47. The third-order valence-electron chi connectivity index (χ3n) is 3.91. The molecule has 2 atom stereocenters. The lowest BCUT2D eigenvalue weighted by atomic mass is 10.2. The van der Waals surface area contributed by atoms with Crippen LogP contribution in [0.3, 0.4) is 0 Å². The monoisotopic (exact) mass is 293 g/mol. The summed E-state index contributed by atoms with van der Waals surface area (Å²) in [6.45, 7) is 4.38. The van der Waals surface area contributed by atoms with Crippen molar-refractivity contribution in [3.63, 3.8) is 0 Å². The molecule has 1 amide bonds. The molecule has 1 aliphatic rings. The summed E-state index contributed by atoms with van der Waals surface area (Å²) >= 11 is 0. The highest BCUT2D eigenvalue weighted by molar-refractivity contribution is 5.81. The van der Waals surface area contributed by atoms with Crippen LogP contribution in [0.5, 0.6) is 0 Å². The Hall–Kier alpha value is -1.78. The van der Waals surface area contributed by atoms with Gasteiger partial charge >= 0.3 is 5.97 Å². The average Bonchev–Trinajstić information content (AvgIpc) is 2.98. The summed E-state index contributed by atoms with van der Waals surface area (Å²) in [6.07, 6.45) is 2.75. The van der Waals surface area contributed by atoms with Gasteiger partial charge in [0.15, 0.2) is 0 Å². The molecule has 0 bridgehead atoms. The molecule has 0 aliphatic heterocycles. The normalized spacial score (nSPS) is 20.3. The fourth-order valence-electron chi connectivity index (χ4n) is 2.56. The lowest BCUT2D eigenvalue weighted by molar-refractivity contribution is -0.144. The molecule has 1 heterocycles. The van der Waals surface area contributed by atoms with Crippen LogP contribution in [0.2, 0.25) is 0 Å². The van der Waals surface area contributed by atoms with E-state index in [0.29, 0.717) is 31.2 Å². The number of furan rings is 1. The number of carboxylic acids is 1. The Morgan fingerprint density at radius 1 is 1.43 bits per heavy atom. The predicted molar refractivity (Wildman–Crippen MR) is 78.1 cm³/mol. The second-order valence-electron chi connectivity index (χ2n) is 5.83. The van der Waals surface area contributed by atoms with Crippen LogP contribution in [0.25, 0.3) is 0 Å². The van der Waals surface area contributed by atoms with Crippen LogP contribution in [0.1, 0.15) is 50.5 Å². The van der Waals surface area contributed by atoms with Gasteiger partial charge in [-0.25, -0.2) is 0 Å². The highest BCUT2D eigenvalue weighted by Gasteiger charge is 2.36. The van der Waals surface area contributed by atoms with Crippen molar-refractivity contribution >= 4 is 11.9 Å². The average molecular weight is 293 g/mol. The Labute approximate surface area is 124 Å². The summed E-state index contributed by atoms with van der Waals surface area (Å²) in [5.41, 5.74) is 0. The van der Waals surface area contributed by atoms with E-state index in [2.05, 4.69) is 6.92 Å². The maximum atomic E-state index is 12.1. The van der Waals surface area contributed by atoms with Crippen molar-refractivity contribution in [1.82, 2.24) is 4.90 Å². The van der Waals surface area contributed by atoms with Gasteiger partial charge in [0.25, 0.3) is 0 Å². The standard InChI is InChI=1S/C16H23NO4/c1-3-8-17(10-16(19)20)15(18)7-5-12-4-6-14(21-12)13-9-11(13)2/h4,6,11,13H,3,5,7-10H2,1-2H3,(H,19,20). The molecule has 0 spiro atoms. The number of carbonyl (C=O) groups is 2.